The molecule has 0 bridgehead atoms. The van der Waals surface area contributed by atoms with Crippen LogP contribution >= 0.6 is 11.3 Å². The molecular weight excluding hydrogens is 492 g/mol. The molecule has 190 valence electrons. The highest BCUT2D eigenvalue weighted by Crippen LogP contribution is 2.34. The molecule has 2 heterocycles. The first-order chi connectivity index (χ1) is 17.2. The summed E-state index contributed by atoms with van der Waals surface area (Å²) in [5.41, 5.74) is 4.23. The second-order valence-corrected chi connectivity index (χ2v) is 12.1. The highest BCUT2D eigenvalue weighted by atomic mass is 32.2. The third-order valence-electron chi connectivity index (χ3n) is 6.45. The Hall–Kier alpha value is -2.94. The van der Waals surface area contributed by atoms with E-state index in [2.05, 4.69) is 12.6 Å². The molecule has 1 aliphatic rings. The average Bonchev–Trinajstić information content (AvgIpc) is 3.32. The van der Waals surface area contributed by atoms with Crippen LogP contribution in [0, 0.1) is 20.8 Å². The molecule has 0 spiro atoms. The molecule has 0 saturated carbocycles. The first-order valence-electron chi connectivity index (χ1n) is 11.9. The van der Waals surface area contributed by atoms with E-state index in [1.807, 2.05) is 44.4 Å². The van der Waals surface area contributed by atoms with Crippen LogP contribution in [0.4, 0.5) is 0 Å². The Kier molecular flexibility index (Phi) is 7.97. The van der Waals surface area contributed by atoms with Gasteiger partial charge in [0.2, 0.25) is 15.9 Å². The quantitative estimate of drug-likeness (QED) is 0.367. The Morgan fingerprint density at radius 1 is 1.14 bits per heavy atom. The van der Waals surface area contributed by atoms with Gasteiger partial charge in [0.1, 0.15) is 12.4 Å². The Morgan fingerprint density at radius 3 is 2.56 bits per heavy atom. The zero-order chi connectivity index (χ0) is 25.9. The molecule has 1 aliphatic heterocycles. The molecule has 0 fully saturated rings. The lowest BCUT2D eigenvalue weighted by Crippen LogP contribution is -2.47. The fourth-order valence-electron chi connectivity index (χ4n) is 4.50. The lowest BCUT2D eigenvalue weighted by molar-refractivity contribution is -0.135. The number of carbonyl (C=O) groups is 1. The van der Waals surface area contributed by atoms with Crippen molar-refractivity contribution in [2.75, 3.05) is 26.2 Å². The van der Waals surface area contributed by atoms with Gasteiger partial charge in [-0.1, -0.05) is 41.5 Å². The average molecular weight is 525 g/mol. The summed E-state index contributed by atoms with van der Waals surface area (Å²) in [6, 6.07) is 14.4. The van der Waals surface area contributed by atoms with E-state index in [1.165, 1.54) is 15.3 Å². The van der Waals surface area contributed by atoms with E-state index in [1.54, 1.807) is 40.5 Å². The molecule has 0 radical (unpaired) electrons. The maximum atomic E-state index is 13.6. The van der Waals surface area contributed by atoms with Crippen LogP contribution in [-0.2, 0) is 21.2 Å². The molecular formula is C28H32N2O4S2. The summed E-state index contributed by atoms with van der Waals surface area (Å²) in [4.78, 5) is 16.8. The Labute approximate surface area is 217 Å². The van der Waals surface area contributed by atoms with E-state index in [0.29, 0.717) is 13.2 Å². The van der Waals surface area contributed by atoms with Gasteiger partial charge in [-0.25, -0.2) is 8.42 Å². The maximum Gasteiger partial charge on any atom is 0.243 e. The zero-order valence-electron chi connectivity index (χ0n) is 20.9. The van der Waals surface area contributed by atoms with E-state index >= 15 is 0 Å². The number of carbonyl (C=O) groups excluding carboxylic acids is 1. The van der Waals surface area contributed by atoms with Gasteiger partial charge < -0.3 is 9.64 Å². The number of thiophene rings is 1. The first-order valence-corrected chi connectivity index (χ1v) is 14.3. The molecule has 0 aliphatic carbocycles. The number of hydrogen-bond acceptors (Lipinski definition) is 5. The van der Waals surface area contributed by atoms with Gasteiger partial charge in [0, 0.05) is 18.0 Å². The van der Waals surface area contributed by atoms with Gasteiger partial charge in [0.25, 0.3) is 0 Å². The van der Waals surface area contributed by atoms with Crippen molar-refractivity contribution in [3.05, 3.63) is 93.7 Å². The molecule has 0 N–H and O–H groups in total. The van der Waals surface area contributed by atoms with Crippen molar-refractivity contribution in [3.8, 4) is 5.75 Å². The normalized spacial score (nSPS) is 15.6. The molecule has 4 rings (SSSR count). The lowest BCUT2D eigenvalue weighted by Gasteiger charge is -2.37. The summed E-state index contributed by atoms with van der Waals surface area (Å²) in [6.45, 7) is 10.2. The standard InChI is InChI=1S/C28H32N2O4S2/c1-5-14-29(36(32,33)23-9-6-20(2)7-10-23)18-28(31)30-15-12-27-24(13-16-35-27)25(30)19-34-26-11-8-21(3)17-22(26)4/h5-11,13,16-17,25H,1,12,14-15,18-19H2,2-4H3. The van der Waals surface area contributed by atoms with Crippen LogP contribution in [0.1, 0.15) is 33.2 Å². The van der Waals surface area contributed by atoms with E-state index < -0.39 is 10.0 Å². The number of rotatable bonds is 9. The van der Waals surface area contributed by atoms with Crippen LogP contribution in [0.3, 0.4) is 0 Å². The summed E-state index contributed by atoms with van der Waals surface area (Å²) in [6.07, 6.45) is 2.25. The van der Waals surface area contributed by atoms with Gasteiger partial charge in [-0.15, -0.1) is 17.9 Å². The van der Waals surface area contributed by atoms with Gasteiger partial charge in [-0.2, -0.15) is 4.31 Å². The molecule has 1 atom stereocenters. The fraction of sp³-hybridized carbons (Fsp3) is 0.321. The molecule has 1 aromatic heterocycles. The van der Waals surface area contributed by atoms with Crippen LogP contribution in [-0.4, -0.2) is 49.8 Å². The van der Waals surface area contributed by atoms with Crippen LogP contribution in [0.15, 0.2) is 71.5 Å². The van der Waals surface area contributed by atoms with Gasteiger partial charge in [0.05, 0.1) is 17.5 Å². The van der Waals surface area contributed by atoms with Crippen LogP contribution in [0.25, 0.3) is 0 Å². The smallest absolute Gasteiger partial charge is 0.243 e. The molecule has 1 unspecified atom stereocenters. The SMILES string of the molecule is C=CCN(CC(=O)N1CCc2sccc2C1COc1ccc(C)cc1C)S(=O)(=O)c1ccc(C)cc1. The Balaban J connectivity index is 1.57. The monoisotopic (exact) mass is 524 g/mol. The van der Waals surface area contributed by atoms with Gasteiger partial charge in [-0.3, -0.25) is 4.79 Å². The van der Waals surface area contributed by atoms with Crippen LogP contribution in [0.5, 0.6) is 5.75 Å². The number of amides is 1. The summed E-state index contributed by atoms with van der Waals surface area (Å²) in [5.74, 6) is 0.532. The van der Waals surface area contributed by atoms with Crippen molar-refractivity contribution < 1.29 is 17.9 Å². The predicted molar refractivity (Wildman–Crippen MR) is 144 cm³/mol. The van der Waals surface area contributed by atoms with Crippen molar-refractivity contribution in [2.45, 2.75) is 38.1 Å². The van der Waals surface area contributed by atoms with E-state index in [-0.39, 0.29) is 29.9 Å². The van der Waals surface area contributed by atoms with E-state index in [4.69, 9.17) is 4.74 Å². The number of hydrogen-bond donors (Lipinski definition) is 0. The highest BCUT2D eigenvalue weighted by molar-refractivity contribution is 7.89. The molecule has 1 amide bonds. The third kappa shape index (κ3) is 5.56. The van der Waals surface area contributed by atoms with Crippen LogP contribution < -0.4 is 4.74 Å². The Bertz CT molecular complexity index is 1350. The molecule has 36 heavy (non-hydrogen) atoms. The van der Waals surface area contributed by atoms with Crippen molar-refractivity contribution >= 4 is 27.3 Å². The maximum absolute atomic E-state index is 13.6. The molecule has 6 nitrogen and oxygen atoms in total. The minimum Gasteiger partial charge on any atom is -0.491 e. The van der Waals surface area contributed by atoms with Crippen LogP contribution in [0.2, 0.25) is 0 Å². The first kappa shape index (κ1) is 26.1. The van der Waals surface area contributed by atoms with Gasteiger partial charge in [0.15, 0.2) is 0 Å². The second kappa shape index (κ2) is 11.0. The summed E-state index contributed by atoms with van der Waals surface area (Å²) in [7, 11) is -3.86. The predicted octanol–water partition coefficient (Wildman–Crippen LogP) is 5.06. The summed E-state index contributed by atoms with van der Waals surface area (Å²) in [5, 5.41) is 2.04. The highest BCUT2D eigenvalue weighted by Gasteiger charge is 2.35. The molecule has 0 saturated heterocycles. The molecule has 2 aromatic carbocycles. The zero-order valence-corrected chi connectivity index (χ0v) is 22.6. The Morgan fingerprint density at radius 2 is 1.86 bits per heavy atom. The summed E-state index contributed by atoms with van der Waals surface area (Å²) >= 11 is 1.68. The van der Waals surface area contributed by atoms with Gasteiger partial charge in [-0.05, 0) is 68.0 Å². The van der Waals surface area contributed by atoms with Crippen molar-refractivity contribution in [2.24, 2.45) is 0 Å². The minimum absolute atomic E-state index is 0.0449. The van der Waals surface area contributed by atoms with Gasteiger partial charge >= 0.3 is 0 Å². The third-order valence-corrected chi connectivity index (χ3v) is 9.27. The topological polar surface area (TPSA) is 66.9 Å². The number of ether oxygens (including phenoxy) is 1. The molecule has 8 heteroatoms. The number of benzene rings is 2. The largest absolute Gasteiger partial charge is 0.491 e. The van der Waals surface area contributed by atoms with Crippen molar-refractivity contribution in [3.63, 3.8) is 0 Å². The van der Waals surface area contributed by atoms with Crippen molar-refractivity contribution in [1.82, 2.24) is 9.21 Å². The number of aryl methyl sites for hydroxylation is 3. The fourth-order valence-corrected chi connectivity index (χ4v) is 6.79. The van der Waals surface area contributed by atoms with E-state index in [0.717, 1.165) is 34.4 Å². The minimum atomic E-state index is -3.86. The second-order valence-electron chi connectivity index (χ2n) is 9.13. The summed E-state index contributed by atoms with van der Waals surface area (Å²) < 4.78 is 34.1. The number of nitrogens with zero attached hydrogens (tertiary/aromatic N) is 2. The lowest BCUT2D eigenvalue weighted by atomic mass is 10.0. The number of fused-ring (bicyclic) bond motifs is 1. The van der Waals surface area contributed by atoms with E-state index in [9.17, 15) is 13.2 Å². The van der Waals surface area contributed by atoms with Crippen molar-refractivity contribution in [1.29, 1.82) is 0 Å². The molecule has 3 aromatic rings. The number of sulfonamides is 1.